The lowest BCUT2D eigenvalue weighted by Gasteiger charge is -2.08. The van der Waals surface area contributed by atoms with Crippen LogP contribution >= 0.6 is 11.3 Å². The molecular formula is C20H17FN2O2S. The number of hydrogen-bond donors (Lipinski definition) is 1. The van der Waals surface area contributed by atoms with Gasteiger partial charge in [-0.3, -0.25) is 4.79 Å². The Bertz CT molecular complexity index is 939. The monoisotopic (exact) mass is 368 g/mol. The van der Waals surface area contributed by atoms with Crippen LogP contribution in [-0.4, -0.2) is 18.0 Å². The molecule has 26 heavy (non-hydrogen) atoms. The average molecular weight is 368 g/mol. The maximum absolute atomic E-state index is 13.1. The molecule has 1 aliphatic carbocycles. The highest BCUT2D eigenvalue weighted by Gasteiger charge is 2.45. The maximum Gasteiger partial charge on any atom is 0.228 e. The number of ether oxygens (including phenoxy) is 1. The van der Waals surface area contributed by atoms with Gasteiger partial charge in [0, 0.05) is 11.5 Å². The molecule has 3 aromatic rings. The molecule has 0 radical (unpaired) electrons. The number of amides is 1. The summed E-state index contributed by atoms with van der Waals surface area (Å²) in [5, 5.41) is 3.67. The van der Waals surface area contributed by atoms with Crippen LogP contribution in [0.5, 0.6) is 5.75 Å². The van der Waals surface area contributed by atoms with Crippen molar-refractivity contribution < 1.29 is 13.9 Å². The minimum Gasteiger partial charge on any atom is -0.496 e. The van der Waals surface area contributed by atoms with Crippen molar-refractivity contribution in [1.29, 1.82) is 0 Å². The van der Waals surface area contributed by atoms with E-state index < -0.39 is 0 Å². The van der Waals surface area contributed by atoms with E-state index in [1.807, 2.05) is 24.3 Å². The molecule has 2 atom stereocenters. The third kappa shape index (κ3) is 3.20. The summed E-state index contributed by atoms with van der Waals surface area (Å²) >= 11 is 1.37. The second-order valence-electron chi connectivity index (χ2n) is 6.22. The molecule has 6 heteroatoms. The van der Waals surface area contributed by atoms with Crippen molar-refractivity contribution in [3.8, 4) is 17.0 Å². The highest BCUT2D eigenvalue weighted by atomic mass is 32.1. The lowest BCUT2D eigenvalue weighted by Crippen LogP contribution is -2.14. The fraction of sp³-hybridized carbons (Fsp3) is 0.200. The van der Waals surface area contributed by atoms with Gasteiger partial charge in [-0.15, -0.1) is 11.3 Å². The number of hydrogen-bond acceptors (Lipinski definition) is 4. The van der Waals surface area contributed by atoms with Gasteiger partial charge >= 0.3 is 0 Å². The van der Waals surface area contributed by atoms with Crippen LogP contribution in [0.3, 0.4) is 0 Å². The number of carbonyl (C=O) groups is 1. The lowest BCUT2D eigenvalue weighted by atomic mass is 10.1. The Morgan fingerprint density at radius 2 is 2.00 bits per heavy atom. The quantitative estimate of drug-likeness (QED) is 0.710. The molecule has 1 aliphatic rings. The number of aromatic nitrogens is 1. The van der Waals surface area contributed by atoms with Crippen molar-refractivity contribution in [2.24, 2.45) is 5.92 Å². The minimum absolute atomic E-state index is 0.0199. The number of para-hydroxylation sites is 1. The van der Waals surface area contributed by atoms with Gasteiger partial charge in [0.05, 0.1) is 12.6 Å². The van der Waals surface area contributed by atoms with Gasteiger partial charge in [-0.05, 0) is 48.2 Å². The minimum atomic E-state index is -0.299. The molecule has 0 aliphatic heterocycles. The molecule has 2 unspecified atom stereocenters. The van der Waals surface area contributed by atoms with Crippen LogP contribution in [0.15, 0.2) is 54.0 Å². The van der Waals surface area contributed by atoms with E-state index in [4.69, 9.17) is 4.74 Å². The predicted octanol–water partition coefficient (Wildman–Crippen LogP) is 4.70. The van der Waals surface area contributed by atoms with Crippen molar-refractivity contribution in [1.82, 2.24) is 4.98 Å². The third-order valence-electron chi connectivity index (χ3n) is 4.59. The first-order valence-electron chi connectivity index (χ1n) is 8.30. The van der Waals surface area contributed by atoms with Crippen molar-refractivity contribution in [3.63, 3.8) is 0 Å². The smallest absolute Gasteiger partial charge is 0.228 e. The third-order valence-corrected chi connectivity index (χ3v) is 5.33. The molecule has 132 valence electrons. The Hall–Kier alpha value is -2.73. The molecule has 0 bridgehead atoms. The Morgan fingerprint density at radius 1 is 1.23 bits per heavy atom. The number of halogens is 1. The zero-order valence-electron chi connectivity index (χ0n) is 14.1. The van der Waals surface area contributed by atoms with Crippen LogP contribution in [0.1, 0.15) is 17.9 Å². The Balaban J connectivity index is 1.49. The summed E-state index contributed by atoms with van der Waals surface area (Å²) in [5.41, 5.74) is 4.19. The first-order valence-corrected chi connectivity index (χ1v) is 9.18. The van der Waals surface area contributed by atoms with Crippen LogP contribution in [0.2, 0.25) is 0 Å². The van der Waals surface area contributed by atoms with Crippen LogP contribution in [0.25, 0.3) is 11.3 Å². The van der Waals surface area contributed by atoms with E-state index in [2.05, 4.69) is 10.3 Å². The Morgan fingerprint density at radius 3 is 2.77 bits per heavy atom. The van der Waals surface area contributed by atoms with E-state index >= 15 is 0 Å². The van der Waals surface area contributed by atoms with Crippen LogP contribution in [-0.2, 0) is 4.79 Å². The van der Waals surface area contributed by atoms with Crippen molar-refractivity contribution in [3.05, 3.63) is 65.4 Å². The molecule has 0 saturated heterocycles. The van der Waals surface area contributed by atoms with Gasteiger partial charge in [-0.25, -0.2) is 9.37 Å². The van der Waals surface area contributed by atoms with E-state index in [9.17, 15) is 9.18 Å². The number of anilines is 1. The van der Waals surface area contributed by atoms with E-state index in [0.717, 1.165) is 23.3 Å². The van der Waals surface area contributed by atoms with E-state index in [0.29, 0.717) is 10.7 Å². The summed E-state index contributed by atoms with van der Waals surface area (Å²) in [6.07, 6.45) is 0.802. The summed E-state index contributed by atoms with van der Waals surface area (Å²) in [4.78, 5) is 17.0. The van der Waals surface area contributed by atoms with Gasteiger partial charge in [0.15, 0.2) is 0 Å². The summed E-state index contributed by atoms with van der Waals surface area (Å²) in [6, 6.07) is 13.9. The van der Waals surface area contributed by atoms with Gasteiger partial charge in [0.1, 0.15) is 22.3 Å². The van der Waals surface area contributed by atoms with Gasteiger partial charge in [0.25, 0.3) is 0 Å². The van der Waals surface area contributed by atoms with E-state index in [-0.39, 0.29) is 23.6 Å². The molecule has 1 amide bonds. The number of rotatable bonds is 5. The molecule has 2 aromatic carbocycles. The zero-order valence-corrected chi connectivity index (χ0v) is 14.9. The SMILES string of the molecule is COc1ccccc1C1CC1C(=O)Nc1scnc1-c1ccc(F)cc1. The summed E-state index contributed by atoms with van der Waals surface area (Å²) < 4.78 is 18.5. The van der Waals surface area contributed by atoms with Gasteiger partial charge in [-0.2, -0.15) is 0 Å². The molecule has 1 fully saturated rings. The Labute approximate surface area is 154 Å². The van der Waals surface area contributed by atoms with Crippen molar-refractivity contribution in [2.75, 3.05) is 12.4 Å². The highest BCUT2D eigenvalue weighted by molar-refractivity contribution is 7.14. The van der Waals surface area contributed by atoms with Crippen molar-refractivity contribution in [2.45, 2.75) is 12.3 Å². The Kier molecular flexibility index (Phi) is 4.42. The molecule has 1 N–H and O–H groups in total. The summed E-state index contributed by atoms with van der Waals surface area (Å²) in [7, 11) is 1.64. The first-order chi connectivity index (χ1) is 12.7. The highest BCUT2D eigenvalue weighted by Crippen LogP contribution is 2.51. The molecule has 0 spiro atoms. The lowest BCUT2D eigenvalue weighted by molar-refractivity contribution is -0.117. The number of thiazole rings is 1. The number of carbonyl (C=O) groups excluding carboxylic acids is 1. The molecule has 4 nitrogen and oxygen atoms in total. The fourth-order valence-electron chi connectivity index (χ4n) is 3.15. The van der Waals surface area contributed by atoms with Crippen LogP contribution < -0.4 is 10.1 Å². The molecular weight excluding hydrogens is 351 g/mol. The number of nitrogens with one attached hydrogen (secondary N) is 1. The van der Waals surface area contributed by atoms with Gasteiger partial charge < -0.3 is 10.1 Å². The van der Waals surface area contributed by atoms with Gasteiger partial charge in [-0.1, -0.05) is 18.2 Å². The van der Waals surface area contributed by atoms with Crippen LogP contribution in [0.4, 0.5) is 9.39 Å². The summed E-state index contributed by atoms with van der Waals surface area (Å²) in [6.45, 7) is 0. The first kappa shape index (κ1) is 16.7. The second-order valence-corrected chi connectivity index (χ2v) is 7.07. The van der Waals surface area contributed by atoms with E-state index in [1.165, 1.54) is 23.5 Å². The summed E-state index contributed by atoms with van der Waals surface area (Å²) in [5.74, 6) is 0.598. The largest absolute Gasteiger partial charge is 0.496 e. The molecule has 1 aromatic heterocycles. The normalized spacial score (nSPS) is 18.4. The number of nitrogens with zero attached hydrogens (tertiary/aromatic N) is 1. The molecule has 1 heterocycles. The van der Waals surface area contributed by atoms with E-state index in [1.54, 1.807) is 24.8 Å². The number of methoxy groups -OCH3 is 1. The fourth-order valence-corrected chi connectivity index (χ4v) is 3.86. The van der Waals surface area contributed by atoms with Crippen LogP contribution in [0, 0.1) is 11.7 Å². The predicted molar refractivity (Wildman–Crippen MR) is 100.0 cm³/mol. The standard InChI is InChI=1S/C20H17FN2O2S/c1-25-17-5-3-2-4-14(17)15-10-16(15)19(24)23-20-18(22-11-26-20)12-6-8-13(21)9-7-12/h2-9,11,15-16H,10H2,1H3,(H,23,24). The molecule has 1 saturated carbocycles. The average Bonchev–Trinajstić information content (AvgIpc) is 3.34. The zero-order chi connectivity index (χ0) is 18.1. The number of benzene rings is 2. The second kappa shape index (κ2) is 6.88. The van der Waals surface area contributed by atoms with Crippen molar-refractivity contribution >= 4 is 22.2 Å². The van der Waals surface area contributed by atoms with Gasteiger partial charge in [0.2, 0.25) is 5.91 Å². The molecule has 4 rings (SSSR count). The topological polar surface area (TPSA) is 51.2 Å². The maximum atomic E-state index is 13.1.